The van der Waals surface area contributed by atoms with Crippen LogP contribution in [0.25, 0.3) is 0 Å². The minimum atomic E-state index is -0.731. The molecule has 0 aromatic heterocycles. The Kier molecular flexibility index (Phi) is 5.27. The summed E-state index contributed by atoms with van der Waals surface area (Å²) in [5.41, 5.74) is 0.657. The first-order chi connectivity index (χ1) is 10.1. The Bertz CT molecular complexity index is 622. The van der Waals surface area contributed by atoms with Gasteiger partial charge in [0.05, 0.1) is 11.5 Å². The molecule has 0 aliphatic carbocycles. The molecule has 2 aromatic rings. The molecule has 6 heteroatoms. The third-order valence-corrected chi connectivity index (χ3v) is 3.81. The molecule has 0 amide bonds. The average molecular weight is 354 g/mol. The zero-order chi connectivity index (χ0) is 15.2. The van der Waals surface area contributed by atoms with E-state index < -0.39 is 10.7 Å². The van der Waals surface area contributed by atoms with Crippen molar-refractivity contribution in [3.05, 3.63) is 70.0 Å². The number of rotatable bonds is 6. The van der Waals surface area contributed by atoms with E-state index >= 15 is 0 Å². The lowest BCUT2D eigenvalue weighted by atomic mass is 10.0. The summed E-state index contributed by atoms with van der Waals surface area (Å²) in [5, 5.41) is 11.5. The van der Waals surface area contributed by atoms with Crippen LogP contribution < -0.4 is 4.74 Å². The molecule has 0 N–H and O–H groups in total. The Morgan fingerprint density at radius 2 is 1.90 bits per heavy atom. The van der Waals surface area contributed by atoms with Gasteiger partial charge in [0.25, 0.3) is 0 Å². The first kappa shape index (κ1) is 15.4. The molecule has 4 nitrogen and oxygen atoms in total. The molecule has 21 heavy (non-hydrogen) atoms. The summed E-state index contributed by atoms with van der Waals surface area (Å²) in [6.45, 7) is 0.150. The maximum Gasteiger partial charge on any atom is 0.314 e. The van der Waals surface area contributed by atoms with E-state index in [4.69, 9.17) is 4.74 Å². The van der Waals surface area contributed by atoms with Crippen LogP contribution in [0, 0.1) is 15.9 Å². The van der Waals surface area contributed by atoms with Gasteiger partial charge in [-0.15, -0.1) is 0 Å². The smallest absolute Gasteiger partial charge is 0.314 e. The van der Waals surface area contributed by atoms with Crippen molar-refractivity contribution < 1.29 is 14.1 Å². The average Bonchev–Trinajstić information content (AvgIpc) is 2.50. The second-order valence-electron chi connectivity index (χ2n) is 4.42. The van der Waals surface area contributed by atoms with Crippen LogP contribution in [0.4, 0.5) is 10.1 Å². The van der Waals surface area contributed by atoms with Gasteiger partial charge in [-0.1, -0.05) is 52.3 Å². The largest absolute Gasteiger partial charge is 0.484 e. The number of nitrogens with zero attached hydrogens (tertiary/aromatic N) is 1. The van der Waals surface area contributed by atoms with Crippen molar-refractivity contribution in [3.63, 3.8) is 0 Å². The number of benzene rings is 2. The number of nitro benzene ring substituents is 1. The van der Waals surface area contributed by atoms with Crippen LogP contribution in [0.2, 0.25) is 0 Å². The molecule has 110 valence electrons. The molecule has 1 unspecified atom stereocenters. The highest BCUT2D eigenvalue weighted by molar-refractivity contribution is 9.09. The van der Waals surface area contributed by atoms with Crippen molar-refractivity contribution in [2.45, 2.75) is 5.92 Å². The van der Waals surface area contributed by atoms with Crippen LogP contribution in [0.5, 0.6) is 5.75 Å². The topological polar surface area (TPSA) is 52.4 Å². The van der Waals surface area contributed by atoms with Gasteiger partial charge in [-0.2, -0.15) is 0 Å². The maximum absolute atomic E-state index is 13.7. The van der Waals surface area contributed by atoms with Gasteiger partial charge >= 0.3 is 5.69 Å². The van der Waals surface area contributed by atoms with Gasteiger partial charge in [-0.05, 0) is 11.6 Å². The minimum absolute atomic E-state index is 0.0228. The van der Waals surface area contributed by atoms with Gasteiger partial charge in [-0.25, -0.2) is 4.39 Å². The lowest BCUT2D eigenvalue weighted by Crippen LogP contribution is -2.13. The van der Waals surface area contributed by atoms with Crippen molar-refractivity contribution in [1.29, 1.82) is 0 Å². The van der Waals surface area contributed by atoms with Gasteiger partial charge < -0.3 is 4.74 Å². The molecule has 0 spiro atoms. The maximum atomic E-state index is 13.7. The lowest BCUT2D eigenvalue weighted by Gasteiger charge is -2.16. The number of nitro groups is 1. The van der Waals surface area contributed by atoms with E-state index in [0.717, 1.165) is 11.6 Å². The fraction of sp³-hybridized carbons (Fsp3) is 0.200. The second-order valence-corrected chi connectivity index (χ2v) is 5.07. The Morgan fingerprint density at radius 1 is 1.19 bits per heavy atom. The number of halogens is 2. The standard InChI is InChI=1S/C15H13BrFNO3/c16-9-12(11-5-2-1-3-6-11)10-21-15-13(17)7-4-8-14(15)18(19)20/h1-8,12H,9-10H2. The molecule has 0 bridgehead atoms. The molecule has 1 atom stereocenters. The van der Waals surface area contributed by atoms with Gasteiger partial charge in [0, 0.05) is 17.3 Å². The molecule has 0 aliphatic rings. The summed E-state index contributed by atoms with van der Waals surface area (Å²) in [5.74, 6) is -1.07. The second kappa shape index (κ2) is 7.17. The van der Waals surface area contributed by atoms with Crippen LogP contribution in [-0.2, 0) is 0 Å². The van der Waals surface area contributed by atoms with Crippen LogP contribution in [-0.4, -0.2) is 16.9 Å². The van der Waals surface area contributed by atoms with Crippen LogP contribution in [0.15, 0.2) is 48.5 Å². The van der Waals surface area contributed by atoms with Crippen molar-refractivity contribution in [2.24, 2.45) is 0 Å². The number of ether oxygens (including phenoxy) is 1. The molecule has 2 rings (SSSR count). The Labute approximate surface area is 129 Å². The molecule has 2 aromatic carbocycles. The van der Waals surface area contributed by atoms with Crippen molar-refractivity contribution in [2.75, 3.05) is 11.9 Å². The molecule has 0 radical (unpaired) electrons. The lowest BCUT2D eigenvalue weighted by molar-refractivity contribution is -0.386. The fourth-order valence-electron chi connectivity index (χ4n) is 1.92. The van der Waals surface area contributed by atoms with Gasteiger partial charge in [-0.3, -0.25) is 10.1 Å². The van der Waals surface area contributed by atoms with E-state index in [9.17, 15) is 14.5 Å². The quantitative estimate of drug-likeness (QED) is 0.442. The Morgan fingerprint density at radius 3 is 2.52 bits per heavy atom. The summed E-state index contributed by atoms with van der Waals surface area (Å²) in [7, 11) is 0. The van der Waals surface area contributed by atoms with Gasteiger partial charge in [0.1, 0.15) is 0 Å². The highest BCUT2D eigenvalue weighted by Crippen LogP contribution is 2.31. The Balaban J connectivity index is 2.17. The molecule has 0 heterocycles. The number of para-hydroxylation sites is 1. The van der Waals surface area contributed by atoms with Crippen LogP contribution in [0.1, 0.15) is 11.5 Å². The zero-order valence-electron chi connectivity index (χ0n) is 11.0. The van der Waals surface area contributed by atoms with Gasteiger partial charge in [0.15, 0.2) is 5.82 Å². The molecule has 0 fully saturated rings. The summed E-state index contributed by atoms with van der Waals surface area (Å²) < 4.78 is 19.1. The monoisotopic (exact) mass is 353 g/mol. The Hall–Kier alpha value is -1.95. The number of hydrogen-bond donors (Lipinski definition) is 0. The van der Waals surface area contributed by atoms with Crippen molar-refractivity contribution in [1.82, 2.24) is 0 Å². The predicted octanol–water partition coefficient (Wildman–Crippen LogP) is 4.29. The van der Waals surface area contributed by atoms with Crippen molar-refractivity contribution in [3.8, 4) is 5.75 Å². The third kappa shape index (κ3) is 3.78. The number of hydrogen-bond acceptors (Lipinski definition) is 3. The van der Waals surface area contributed by atoms with E-state index in [1.807, 2.05) is 30.3 Å². The summed E-state index contributed by atoms with van der Waals surface area (Å²) >= 11 is 3.38. The van der Waals surface area contributed by atoms with E-state index in [-0.39, 0.29) is 24.0 Å². The predicted molar refractivity (Wildman–Crippen MR) is 81.5 cm³/mol. The van der Waals surface area contributed by atoms with E-state index in [1.165, 1.54) is 12.1 Å². The highest BCUT2D eigenvalue weighted by atomic mass is 79.9. The van der Waals surface area contributed by atoms with E-state index in [0.29, 0.717) is 5.33 Å². The summed E-state index contributed by atoms with van der Waals surface area (Å²) in [6.07, 6.45) is 0. The molecule has 0 aliphatic heterocycles. The van der Waals surface area contributed by atoms with Crippen molar-refractivity contribution >= 4 is 21.6 Å². The SMILES string of the molecule is O=[N+]([O-])c1cccc(F)c1OCC(CBr)c1ccccc1. The first-order valence-corrected chi connectivity index (χ1v) is 7.42. The summed E-state index contributed by atoms with van der Waals surface area (Å²) in [6, 6.07) is 13.2. The highest BCUT2D eigenvalue weighted by Gasteiger charge is 2.21. The summed E-state index contributed by atoms with van der Waals surface area (Å²) in [4.78, 5) is 10.3. The van der Waals surface area contributed by atoms with E-state index in [2.05, 4.69) is 15.9 Å². The normalized spacial score (nSPS) is 11.9. The molecular weight excluding hydrogens is 341 g/mol. The fourth-order valence-corrected chi connectivity index (χ4v) is 2.48. The first-order valence-electron chi connectivity index (χ1n) is 6.30. The number of alkyl halides is 1. The van der Waals surface area contributed by atoms with Gasteiger partial charge in [0.2, 0.25) is 5.75 Å². The third-order valence-electron chi connectivity index (χ3n) is 3.03. The van der Waals surface area contributed by atoms with E-state index in [1.54, 1.807) is 0 Å². The molecule has 0 saturated heterocycles. The minimum Gasteiger partial charge on any atom is -0.484 e. The van der Waals surface area contributed by atoms with Crippen LogP contribution >= 0.6 is 15.9 Å². The van der Waals surface area contributed by atoms with Crippen LogP contribution in [0.3, 0.4) is 0 Å². The molecule has 0 saturated carbocycles. The molecular formula is C15H13BrFNO3. The zero-order valence-corrected chi connectivity index (χ0v) is 12.6.